The maximum atomic E-state index is 9.40. The Bertz CT molecular complexity index is 647. The molecule has 3 nitrogen and oxygen atoms in total. The van der Waals surface area contributed by atoms with Crippen LogP contribution in [0.25, 0.3) is 0 Å². The molecule has 0 atom stereocenters. The van der Waals surface area contributed by atoms with Gasteiger partial charge in [-0.1, -0.05) is 37.3 Å². The first-order valence-electron chi connectivity index (χ1n) is 6.96. The van der Waals surface area contributed by atoms with Crippen molar-refractivity contribution in [3.8, 4) is 6.07 Å². The third-order valence-electron chi connectivity index (χ3n) is 3.25. The molecule has 2 aromatic rings. The maximum absolute atomic E-state index is 9.40. The van der Waals surface area contributed by atoms with Crippen molar-refractivity contribution in [2.24, 2.45) is 5.73 Å². The van der Waals surface area contributed by atoms with E-state index >= 15 is 0 Å². The molecule has 0 fully saturated rings. The molecule has 2 aromatic carbocycles. The van der Waals surface area contributed by atoms with Gasteiger partial charge in [-0.25, -0.2) is 0 Å². The highest BCUT2D eigenvalue weighted by Crippen LogP contribution is 2.28. The Hall–Kier alpha value is -1.96. The summed E-state index contributed by atoms with van der Waals surface area (Å²) in [5, 5.41) is 12.8. The number of hydrogen-bond acceptors (Lipinski definition) is 4. The molecule has 0 spiro atoms. The molecule has 0 heterocycles. The lowest BCUT2D eigenvalue weighted by molar-refractivity contribution is 1.01. The Kier molecular flexibility index (Phi) is 5.68. The zero-order valence-corrected chi connectivity index (χ0v) is 12.9. The summed E-state index contributed by atoms with van der Waals surface area (Å²) < 4.78 is 0. The molecule has 2 rings (SSSR count). The lowest BCUT2D eigenvalue weighted by Gasteiger charge is -2.13. The standard InChI is InChI=1S/C17H19N3S/c1-2-21-17-9-5-8-16(15(17)11-19)20-12-14-7-4-3-6-13(14)10-18/h3-9,20H,2,10,12,18H2,1H3. The number of nitrogens with two attached hydrogens (primary N) is 1. The minimum Gasteiger partial charge on any atom is -0.380 e. The van der Waals surface area contributed by atoms with Gasteiger partial charge in [-0.05, 0) is 29.0 Å². The Balaban J connectivity index is 2.20. The first-order chi connectivity index (χ1) is 10.3. The van der Waals surface area contributed by atoms with E-state index in [1.807, 2.05) is 36.4 Å². The minimum atomic E-state index is 0.523. The van der Waals surface area contributed by atoms with Gasteiger partial charge in [-0.15, -0.1) is 11.8 Å². The molecule has 0 aliphatic rings. The van der Waals surface area contributed by atoms with Crippen LogP contribution in [0, 0.1) is 11.3 Å². The predicted octanol–water partition coefficient (Wildman–Crippen LogP) is 3.74. The molecule has 3 N–H and O–H groups in total. The van der Waals surface area contributed by atoms with Crippen molar-refractivity contribution in [2.75, 3.05) is 11.1 Å². The largest absolute Gasteiger partial charge is 0.380 e. The summed E-state index contributed by atoms with van der Waals surface area (Å²) in [6.07, 6.45) is 0. The van der Waals surface area contributed by atoms with Crippen molar-refractivity contribution >= 4 is 17.4 Å². The third kappa shape index (κ3) is 3.78. The third-order valence-corrected chi connectivity index (χ3v) is 4.19. The van der Waals surface area contributed by atoms with E-state index in [9.17, 15) is 5.26 Å². The van der Waals surface area contributed by atoms with Crippen molar-refractivity contribution in [2.45, 2.75) is 24.9 Å². The van der Waals surface area contributed by atoms with E-state index in [1.165, 1.54) is 0 Å². The highest BCUT2D eigenvalue weighted by atomic mass is 32.2. The van der Waals surface area contributed by atoms with E-state index in [1.54, 1.807) is 11.8 Å². The molecule has 0 saturated carbocycles. The van der Waals surface area contributed by atoms with Gasteiger partial charge in [0.25, 0.3) is 0 Å². The number of nitrogens with zero attached hydrogens (tertiary/aromatic N) is 1. The van der Waals surface area contributed by atoms with Gasteiger partial charge in [0.1, 0.15) is 6.07 Å². The highest BCUT2D eigenvalue weighted by Gasteiger charge is 2.08. The fourth-order valence-electron chi connectivity index (χ4n) is 2.19. The molecule has 21 heavy (non-hydrogen) atoms. The van der Waals surface area contributed by atoms with Crippen LogP contribution < -0.4 is 11.1 Å². The van der Waals surface area contributed by atoms with Gasteiger partial charge in [0.05, 0.1) is 11.3 Å². The van der Waals surface area contributed by atoms with E-state index in [-0.39, 0.29) is 0 Å². The second-order valence-corrected chi connectivity index (χ2v) is 5.86. The fourth-order valence-corrected chi connectivity index (χ4v) is 2.97. The number of benzene rings is 2. The number of anilines is 1. The van der Waals surface area contributed by atoms with Crippen LogP contribution in [0.2, 0.25) is 0 Å². The molecule has 0 unspecified atom stereocenters. The molecule has 0 saturated heterocycles. The van der Waals surface area contributed by atoms with Crippen LogP contribution in [-0.4, -0.2) is 5.75 Å². The van der Waals surface area contributed by atoms with Gasteiger partial charge in [0.2, 0.25) is 0 Å². The number of nitrogens with one attached hydrogen (secondary N) is 1. The first-order valence-corrected chi connectivity index (χ1v) is 7.95. The second-order valence-electron chi connectivity index (χ2n) is 4.55. The van der Waals surface area contributed by atoms with Gasteiger partial charge in [0, 0.05) is 18.0 Å². The Morgan fingerprint density at radius 2 is 1.90 bits per heavy atom. The molecular weight excluding hydrogens is 278 g/mol. The molecule has 0 radical (unpaired) electrons. The molecule has 4 heteroatoms. The lowest BCUT2D eigenvalue weighted by atomic mass is 10.1. The normalized spacial score (nSPS) is 10.1. The second kappa shape index (κ2) is 7.72. The fraction of sp³-hybridized carbons (Fsp3) is 0.235. The smallest absolute Gasteiger partial charge is 0.102 e. The summed E-state index contributed by atoms with van der Waals surface area (Å²) in [6, 6.07) is 16.3. The topological polar surface area (TPSA) is 61.8 Å². The van der Waals surface area contributed by atoms with Crippen LogP contribution in [0.1, 0.15) is 23.6 Å². The zero-order chi connectivity index (χ0) is 15.1. The first kappa shape index (κ1) is 15.4. The quantitative estimate of drug-likeness (QED) is 0.797. The summed E-state index contributed by atoms with van der Waals surface area (Å²) in [4.78, 5) is 1.03. The minimum absolute atomic E-state index is 0.523. The van der Waals surface area contributed by atoms with Crippen LogP contribution in [-0.2, 0) is 13.1 Å². The molecule has 108 valence electrons. The highest BCUT2D eigenvalue weighted by molar-refractivity contribution is 7.99. The lowest BCUT2D eigenvalue weighted by Crippen LogP contribution is -2.07. The summed E-state index contributed by atoms with van der Waals surface area (Å²) in [5.41, 5.74) is 9.64. The van der Waals surface area contributed by atoms with Gasteiger partial charge in [0.15, 0.2) is 0 Å². The van der Waals surface area contributed by atoms with E-state index in [0.29, 0.717) is 13.1 Å². The van der Waals surface area contributed by atoms with E-state index in [4.69, 9.17) is 5.73 Å². The van der Waals surface area contributed by atoms with Gasteiger partial charge < -0.3 is 11.1 Å². The molecule has 0 aromatic heterocycles. The SMILES string of the molecule is CCSc1cccc(NCc2ccccc2CN)c1C#N. The van der Waals surface area contributed by atoms with E-state index < -0.39 is 0 Å². The Morgan fingerprint density at radius 3 is 2.57 bits per heavy atom. The van der Waals surface area contributed by atoms with Crippen molar-refractivity contribution in [3.05, 3.63) is 59.2 Å². The zero-order valence-electron chi connectivity index (χ0n) is 12.1. The van der Waals surface area contributed by atoms with Gasteiger partial charge in [-0.2, -0.15) is 5.26 Å². The number of thioether (sulfide) groups is 1. The van der Waals surface area contributed by atoms with Crippen LogP contribution in [0.3, 0.4) is 0 Å². The predicted molar refractivity (Wildman–Crippen MR) is 89.2 cm³/mol. The average Bonchev–Trinajstić information content (AvgIpc) is 2.53. The Morgan fingerprint density at radius 1 is 1.14 bits per heavy atom. The van der Waals surface area contributed by atoms with Gasteiger partial charge >= 0.3 is 0 Å². The monoisotopic (exact) mass is 297 g/mol. The number of hydrogen-bond donors (Lipinski definition) is 2. The van der Waals surface area contributed by atoms with E-state index in [0.717, 1.165) is 33.0 Å². The van der Waals surface area contributed by atoms with Crippen LogP contribution in [0.5, 0.6) is 0 Å². The summed E-state index contributed by atoms with van der Waals surface area (Å²) in [6.45, 7) is 3.28. The van der Waals surface area contributed by atoms with Crippen molar-refractivity contribution in [3.63, 3.8) is 0 Å². The summed E-state index contributed by atoms with van der Waals surface area (Å²) in [5.74, 6) is 0.953. The summed E-state index contributed by atoms with van der Waals surface area (Å²) >= 11 is 1.69. The van der Waals surface area contributed by atoms with Crippen LogP contribution >= 0.6 is 11.8 Å². The summed E-state index contributed by atoms with van der Waals surface area (Å²) in [7, 11) is 0. The van der Waals surface area contributed by atoms with Gasteiger partial charge in [-0.3, -0.25) is 0 Å². The maximum Gasteiger partial charge on any atom is 0.102 e. The molecule has 0 aliphatic carbocycles. The molecule has 0 aliphatic heterocycles. The van der Waals surface area contributed by atoms with Crippen molar-refractivity contribution in [1.82, 2.24) is 0 Å². The van der Waals surface area contributed by atoms with E-state index in [2.05, 4.69) is 24.4 Å². The molecule has 0 bridgehead atoms. The number of nitriles is 1. The van der Waals surface area contributed by atoms with Crippen LogP contribution in [0.4, 0.5) is 5.69 Å². The molecular formula is C17H19N3S. The molecule has 0 amide bonds. The average molecular weight is 297 g/mol. The number of rotatable bonds is 6. The Labute approximate surface area is 130 Å². The van der Waals surface area contributed by atoms with Crippen molar-refractivity contribution in [1.29, 1.82) is 5.26 Å². The van der Waals surface area contributed by atoms with Crippen LogP contribution in [0.15, 0.2) is 47.4 Å². The van der Waals surface area contributed by atoms with Crippen molar-refractivity contribution < 1.29 is 0 Å².